The quantitative estimate of drug-likeness (QED) is 0.862. The van der Waals surface area contributed by atoms with E-state index in [2.05, 4.69) is 21.2 Å². The molecule has 1 heterocycles. The largest absolute Gasteiger partial charge is 0.467 e. The standard InChI is InChI=1S/C12H16BrNO3S/c1-5-12(3,11(16)17-4)14-10(15)8-6-7(2)18-9(8)13/h6H,5H2,1-4H3,(H,14,15). The van der Waals surface area contributed by atoms with E-state index in [0.29, 0.717) is 12.0 Å². The molecule has 0 aliphatic carbocycles. The summed E-state index contributed by atoms with van der Waals surface area (Å²) in [6.07, 6.45) is 0.464. The Morgan fingerprint density at radius 3 is 2.56 bits per heavy atom. The van der Waals surface area contributed by atoms with Gasteiger partial charge in [-0.2, -0.15) is 0 Å². The number of hydrogen-bond acceptors (Lipinski definition) is 4. The first-order chi connectivity index (χ1) is 8.34. The second-order valence-corrected chi connectivity index (χ2v) is 6.75. The van der Waals surface area contributed by atoms with E-state index in [1.54, 1.807) is 13.0 Å². The Morgan fingerprint density at radius 2 is 2.17 bits per heavy atom. The SMILES string of the molecule is CCC(C)(NC(=O)c1cc(C)sc1Br)C(=O)OC. The van der Waals surface area contributed by atoms with E-state index in [0.717, 1.165) is 8.66 Å². The van der Waals surface area contributed by atoms with Crippen molar-refractivity contribution in [3.05, 3.63) is 20.3 Å². The van der Waals surface area contributed by atoms with Crippen molar-refractivity contribution in [1.82, 2.24) is 5.32 Å². The highest BCUT2D eigenvalue weighted by Crippen LogP contribution is 2.28. The Bertz CT molecular complexity index is 472. The predicted molar refractivity (Wildman–Crippen MR) is 74.9 cm³/mol. The molecule has 0 saturated heterocycles. The number of thiophene rings is 1. The van der Waals surface area contributed by atoms with Crippen LogP contribution in [-0.2, 0) is 9.53 Å². The molecule has 1 N–H and O–H groups in total. The van der Waals surface area contributed by atoms with Crippen LogP contribution in [0.4, 0.5) is 0 Å². The Balaban J connectivity index is 2.93. The van der Waals surface area contributed by atoms with Gasteiger partial charge in [-0.05, 0) is 42.3 Å². The summed E-state index contributed by atoms with van der Waals surface area (Å²) in [6, 6.07) is 1.79. The second-order valence-electron chi connectivity index (χ2n) is 4.18. The molecule has 0 saturated carbocycles. The summed E-state index contributed by atoms with van der Waals surface area (Å²) < 4.78 is 5.48. The molecule has 1 amide bonds. The lowest BCUT2D eigenvalue weighted by atomic mass is 9.98. The summed E-state index contributed by atoms with van der Waals surface area (Å²) >= 11 is 4.83. The Labute approximate surface area is 119 Å². The molecular weight excluding hydrogens is 318 g/mol. The molecule has 1 unspecified atom stereocenters. The van der Waals surface area contributed by atoms with Crippen molar-refractivity contribution in [3.8, 4) is 0 Å². The molecule has 0 fully saturated rings. The average Bonchev–Trinajstić information content (AvgIpc) is 2.67. The lowest BCUT2D eigenvalue weighted by Gasteiger charge is -2.26. The Morgan fingerprint density at radius 1 is 1.56 bits per heavy atom. The van der Waals surface area contributed by atoms with Gasteiger partial charge in [-0.3, -0.25) is 4.79 Å². The highest BCUT2D eigenvalue weighted by Gasteiger charge is 2.34. The van der Waals surface area contributed by atoms with Crippen LogP contribution in [0.15, 0.2) is 9.85 Å². The van der Waals surface area contributed by atoms with Crippen LogP contribution in [0.1, 0.15) is 35.5 Å². The van der Waals surface area contributed by atoms with Crippen LogP contribution in [0, 0.1) is 6.92 Å². The number of rotatable bonds is 4. The number of hydrogen-bond donors (Lipinski definition) is 1. The van der Waals surface area contributed by atoms with Gasteiger partial charge in [0, 0.05) is 4.88 Å². The molecule has 1 aromatic rings. The maximum absolute atomic E-state index is 12.1. The van der Waals surface area contributed by atoms with Gasteiger partial charge < -0.3 is 10.1 Å². The van der Waals surface area contributed by atoms with Gasteiger partial charge in [-0.1, -0.05) is 6.92 Å². The number of carbonyl (C=O) groups excluding carboxylic acids is 2. The van der Waals surface area contributed by atoms with Crippen LogP contribution < -0.4 is 5.32 Å². The van der Waals surface area contributed by atoms with E-state index in [9.17, 15) is 9.59 Å². The molecular formula is C12H16BrNO3S. The summed E-state index contributed by atoms with van der Waals surface area (Å²) in [5.74, 6) is -0.720. The zero-order chi connectivity index (χ0) is 13.9. The lowest BCUT2D eigenvalue weighted by Crippen LogP contribution is -2.52. The summed E-state index contributed by atoms with van der Waals surface area (Å²) in [6.45, 7) is 5.40. The maximum atomic E-state index is 12.1. The molecule has 0 radical (unpaired) electrons. The van der Waals surface area contributed by atoms with Crippen LogP contribution >= 0.6 is 27.3 Å². The number of methoxy groups -OCH3 is 1. The second kappa shape index (κ2) is 5.84. The van der Waals surface area contributed by atoms with Gasteiger partial charge in [-0.15, -0.1) is 11.3 Å². The fourth-order valence-electron chi connectivity index (χ4n) is 1.47. The van der Waals surface area contributed by atoms with E-state index in [1.807, 2.05) is 13.8 Å². The normalized spacial score (nSPS) is 13.8. The van der Waals surface area contributed by atoms with Gasteiger partial charge in [0.1, 0.15) is 5.54 Å². The molecule has 0 aliphatic heterocycles. The molecule has 0 spiro atoms. The number of aryl methyl sites for hydroxylation is 1. The molecule has 0 bridgehead atoms. The third-order valence-corrected chi connectivity index (χ3v) is 4.54. The van der Waals surface area contributed by atoms with Gasteiger partial charge in [0.25, 0.3) is 5.91 Å². The topological polar surface area (TPSA) is 55.4 Å². The molecule has 100 valence electrons. The molecule has 4 nitrogen and oxygen atoms in total. The number of amides is 1. The van der Waals surface area contributed by atoms with Crippen LogP contribution in [-0.4, -0.2) is 24.5 Å². The van der Waals surface area contributed by atoms with E-state index in [-0.39, 0.29) is 5.91 Å². The van der Waals surface area contributed by atoms with Crippen molar-refractivity contribution >= 4 is 39.1 Å². The summed E-state index contributed by atoms with van der Waals surface area (Å²) in [7, 11) is 1.31. The van der Waals surface area contributed by atoms with E-state index < -0.39 is 11.5 Å². The molecule has 18 heavy (non-hydrogen) atoms. The van der Waals surface area contributed by atoms with Crippen molar-refractivity contribution in [2.24, 2.45) is 0 Å². The molecule has 1 rings (SSSR count). The highest BCUT2D eigenvalue weighted by molar-refractivity contribution is 9.11. The van der Waals surface area contributed by atoms with Gasteiger partial charge in [0.2, 0.25) is 0 Å². The first kappa shape index (κ1) is 15.2. The van der Waals surface area contributed by atoms with Crippen LogP contribution in [0.25, 0.3) is 0 Å². The number of ether oxygens (including phenoxy) is 1. The predicted octanol–water partition coefficient (Wildman–Crippen LogP) is 2.89. The summed E-state index contributed by atoms with van der Waals surface area (Å²) in [5.41, 5.74) is -0.456. The van der Waals surface area contributed by atoms with E-state index in [1.165, 1.54) is 18.4 Å². The van der Waals surface area contributed by atoms with Crippen LogP contribution in [0.3, 0.4) is 0 Å². The van der Waals surface area contributed by atoms with Gasteiger partial charge in [0.15, 0.2) is 0 Å². The van der Waals surface area contributed by atoms with Crippen molar-refractivity contribution in [2.45, 2.75) is 32.7 Å². The maximum Gasteiger partial charge on any atom is 0.331 e. The monoisotopic (exact) mass is 333 g/mol. The minimum absolute atomic E-state index is 0.277. The smallest absolute Gasteiger partial charge is 0.331 e. The average molecular weight is 334 g/mol. The van der Waals surface area contributed by atoms with E-state index >= 15 is 0 Å². The van der Waals surface area contributed by atoms with Gasteiger partial charge in [-0.25, -0.2) is 4.79 Å². The van der Waals surface area contributed by atoms with Crippen molar-refractivity contribution < 1.29 is 14.3 Å². The number of nitrogens with one attached hydrogen (secondary N) is 1. The third kappa shape index (κ3) is 3.11. The molecule has 1 aromatic heterocycles. The van der Waals surface area contributed by atoms with Gasteiger partial charge >= 0.3 is 5.97 Å². The summed E-state index contributed by atoms with van der Waals surface area (Å²) in [4.78, 5) is 24.8. The Kier molecular flexibility index (Phi) is 4.92. The molecule has 1 atom stereocenters. The minimum Gasteiger partial charge on any atom is -0.467 e. The van der Waals surface area contributed by atoms with Crippen LogP contribution in [0.5, 0.6) is 0 Å². The fraction of sp³-hybridized carbons (Fsp3) is 0.500. The molecule has 6 heteroatoms. The number of esters is 1. The zero-order valence-electron chi connectivity index (χ0n) is 10.8. The highest BCUT2D eigenvalue weighted by atomic mass is 79.9. The molecule has 0 aliphatic rings. The van der Waals surface area contributed by atoms with Crippen molar-refractivity contribution in [2.75, 3.05) is 7.11 Å². The number of halogens is 1. The molecule has 0 aromatic carbocycles. The van der Waals surface area contributed by atoms with Crippen molar-refractivity contribution in [3.63, 3.8) is 0 Å². The minimum atomic E-state index is -0.999. The van der Waals surface area contributed by atoms with E-state index in [4.69, 9.17) is 4.74 Å². The Hall–Kier alpha value is -0.880. The first-order valence-electron chi connectivity index (χ1n) is 5.51. The number of carbonyl (C=O) groups is 2. The first-order valence-corrected chi connectivity index (χ1v) is 7.12. The van der Waals surface area contributed by atoms with Crippen molar-refractivity contribution in [1.29, 1.82) is 0 Å². The summed E-state index contributed by atoms with van der Waals surface area (Å²) in [5, 5.41) is 2.73. The third-order valence-electron chi connectivity index (χ3n) is 2.79. The van der Waals surface area contributed by atoms with Crippen LogP contribution in [0.2, 0.25) is 0 Å². The zero-order valence-corrected chi connectivity index (χ0v) is 13.2. The van der Waals surface area contributed by atoms with Gasteiger partial charge in [0.05, 0.1) is 16.5 Å². The fourth-order valence-corrected chi connectivity index (χ4v) is 3.25. The lowest BCUT2D eigenvalue weighted by molar-refractivity contribution is -0.147.